The lowest BCUT2D eigenvalue weighted by Crippen LogP contribution is -2.50. The summed E-state index contributed by atoms with van der Waals surface area (Å²) in [7, 11) is 1.93. The molecule has 0 spiro atoms. The summed E-state index contributed by atoms with van der Waals surface area (Å²) in [6.07, 6.45) is 0.725. The molecule has 1 aromatic carbocycles. The van der Waals surface area contributed by atoms with Crippen LogP contribution in [0.15, 0.2) is 30.3 Å². The van der Waals surface area contributed by atoms with Crippen LogP contribution in [0.2, 0.25) is 0 Å². The molecule has 5 rings (SSSR count). The molecule has 1 N–H and O–H groups in total. The predicted octanol–water partition coefficient (Wildman–Crippen LogP) is 4.30. The Labute approximate surface area is 207 Å². The summed E-state index contributed by atoms with van der Waals surface area (Å²) in [4.78, 5) is 14.6. The predicted molar refractivity (Wildman–Crippen MR) is 137 cm³/mol. The second-order valence-electron chi connectivity index (χ2n) is 8.74. The monoisotopic (exact) mass is 490 g/mol. The van der Waals surface area contributed by atoms with Gasteiger partial charge >= 0.3 is 0 Å². The number of nitriles is 1. The topological polar surface area (TPSA) is 85.4 Å². The first kappa shape index (κ1) is 23.2. The number of piperazine rings is 1. The highest BCUT2D eigenvalue weighted by molar-refractivity contribution is 7.16. The number of halogens is 1. The van der Waals surface area contributed by atoms with Gasteiger partial charge in [0.1, 0.15) is 34.0 Å². The Hall–Kier alpha value is -3.55. The van der Waals surface area contributed by atoms with Crippen molar-refractivity contribution in [3.63, 3.8) is 0 Å². The van der Waals surface area contributed by atoms with E-state index in [1.807, 2.05) is 23.4 Å². The van der Waals surface area contributed by atoms with E-state index in [-0.39, 0.29) is 5.82 Å². The number of rotatable bonds is 5. The lowest BCUT2D eigenvalue weighted by atomic mass is 10.1. The van der Waals surface area contributed by atoms with Crippen LogP contribution in [0, 0.1) is 24.1 Å². The number of nitrogens with zero attached hydrogens (tertiary/aromatic N) is 7. The molecular weight excluding hydrogens is 463 g/mol. The third-order valence-electron chi connectivity index (χ3n) is 6.39. The van der Waals surface area contributed by atoms with Crippen molar-refractivity contribution >= 4 is 33.6 Å². The highest BCUT2D eigenvalue weighted by atomic mass is 32.1. The van der Waals surface area contributed by atoms with Gasteiger partial charge in [-0.1, -0.05) is 18.3 Å². The van der Waals surface area contributed by atoms with E-state index >= 15 is 0 Å². The van der Waals surface area contributed by atoms with Crippen LogP contribution in [0.3, 0.4) is 0 Å². The van der Waals surface area contributed by atoms with Crippen molar-refractivity contribution < 1.29 is 4.39 Å². The fourth-order valence-electron chi connectivity index (χ4n) is 4.52. The number of anilines is 3. The number of nitrogens with one attached hydrogen (secondary N) is 1. The van der Waals surface area contributed by atoms with Crippen molar-refractivity contribution in [1.29, 1.82) is 5.26 Å². The van der Waals surface area contributed by atoms with Crippen LogP contribution in [0.5, 0.6) is 0 Å². The van der Waals surface area contributed by atoms with Crippen LogP contribution >= 0.6 is 11.3 Å². The van der Waals surface area contributed by atoms with Gasteiger partial charge in [-0.05, 0) is 44.5 Å². The number of aryl methyl sites for hydroxylation is 2. The molecule has 0 aliphatic carbocycles. The van der Waals surface area contributed by atoms with Gasteiger partial charge in [0.05, 0.1) is 5.69 Å². The standard InChI is InChI=1S/C25H27FN8S/c1-5-19-23(24-29-21(12-15(2)34(24)31-19)33-11-10-28-14-16(33)3)32(4)25-30-22(20(13-27)35-25)17-6-8-18(26)9-7-17/h6-9,12,16,28H,5,10-11,14H2,1-4H3. The van der Waals surface area contributed by atoms with Gasteiger partial charge < -0.3 is 15.1 Å². The molecule has 1 atom stereocenters. The zero-order chi connectivity index (χ0) is 24.7. The molecule has 1 aliphatic heterocycles. The minimum Gasteiger partial charge on any atom is -0.351 e. The molecule has 1 aliphatic rings. The van der Waals surface area contributed by atoms with Gasteiger partial charge in [0.15, 0.2) is 10.8 Å². The van der Waals surface area contributed by atoms with Crippen LogP contribution in [0.4, 0.5) is 21.0 Å². The Morgan fingerprint density at radius 2 is 2.06 bits per heavy atom. The first-order valence-electron chi connectivity index (χ1n) is 11.7. The van der Waals surface area contributed by atoms with Gasteiger partial charge in [0.25, 0.3) is 0 Å². The van der Waals surface area contributed by atoms with Crippen molar-refractivity contribution in [1.82, 2.24) is 24.9 Å². The summed E-state index contributed by atoms with van der Waals surface area (Å²) in [5.74, 6) is 0.611. The van der Waals surface area contributed by atoms with E-state index in [0.717, 1.165) is 54.6 Å². The Balaban J connectivity index is 1.62. The smallest absolute Gasteiger partial charge is 0.191 e. The zero-order valence-corrected chi connectivity index (χ0v) is 21.0. The molecule has 4 heterocycles. The Bertz CT molecular complexity index is 1420. The molecule has 8 nitrogen and oxygen atoms in total. The van der Waals surface area contributed by atoms with Gasteiger partial charge in [-0.25, -0.2) is 18.9 Å². The Morgan fingerprint density at radius 1 is 1.29 bits per heavy atom. The average Bonchev–Trinajstić information content (AvgIpc) is 3.46. The number of hydrogen-bond acceptors (Lipinski definition) is 8. The number of aromatic nitrogens is 4. The van der Waals surface area contributed by atoms with E-state index in [9.17, 15) is 9.65 Å². The van der Waals surface area contributed by atoms with Crippen LogP contribution in [0.25, 0.3) is 16.9 Å². The Morgan fingerprint density at radius 3 is 2.74 bits per heavy atom. The second-order valence-corrected chi connectivity index (χ2v) is 9.72. The summed E-state index contributed by atoms with van der Waals surface area (Å²) < 4.78 is 15.3. The summed E-state index contributed by atoms with van der Waals surface area (Å²) in [6, 6.07) is 10.7. The van der Waals surface area contributed by atoms with Crippen LogP contribution in [-0.2, 0) is 6.42 Å². The van der Waals surface area contributed by atoms with Crippen LogP contribution < -0.4 is 15.1 Å². The van der Waals surface area contributed by atoms with Crippen molar-refractivity contribution in [3.05, 3.63) is 52.4 Å². The molecule has 180 valence electrons. The minimum absolute atomic E-state index is 0.324. The number of hydrogen-bond donors (Lipinski definition) is 1. The molecule has 0 radical (unpaired) electrons. The van der Waals surface area contributed by atoms with E-state index in [0.29, 0.717) is 27.3 Å². The van der Waals surface area contributed by atoms with Crippen LogP contribution in [-0.4, -0.2) is 52.3 Å². The van der Waals surface area contributed by atoms with Crippen molar-refractivity contribution in [2.75, 3.05) is 36.5 Å². The third-order valence-corrected chi connectivity index (χ3v) is 7.42. The fourth-order valence-corrected chi connectivity index (χ4v) is 5.37. The second kappa shape index (κ2) is 9.24. The molecule has 3 aromatic heterocycles. The van der Waals surface area contributed by atoms with E-state index in [1.165, 1.54) is 23.5 Å². The van der Waals surface area contributed by atoms with Gasteiger partial charge in [-0.3, -0.25) is 0 Å². The lowest BCUT2D eigenvalue weighted by Gasteiger charge is -2.35. The van der Waals surface area contributed by atoms with E-state index in [1.54, 1.807) is 12.1 Å². The third kappa shape index (κ3) is 4.11. The summed E-state index contributed by atoms with van der Waals surface area (Å²) in [5, 5.41) is 18.7. The fraction of sp³-hybridized carbons (Fsp3) is 0.360. The molecule has 10 heteroatoms. The lowest BCUT2D eigenvalue weighted by molar-refractivity contribution is 0.497. The first-order valence-corrected chi connectivity index (χ1v) is 12.5. The largest absolute Gasteiger partial charge is 0.351 e. The Kier molecular flexibility index (Phi) is 6.13. The highest BCUT2D eigenvalue weighted by Crippen LogP contribution is 2.38. The maximum absolute atomic E-state index is 13.4. The first-order chi connectivity index (χ1) is 16.9. The molecule has 35 heavy (non-hydrogen) atoms. The van der Waals surface area contributed by atoms with Crippen molar-refractivity contribution in [2.24, 2.45) is 0 Å². The maximum Gasteiger partial charge on any atom is 0.191 e. The average molecular weight is 491 g/mol. The number of fused-ring (bicyclic) bond motifs is 1. The van der Waals surface area contributed by atoms with Gasteiger partial charge in [-0.15, -0.1) is 0 Å². The van der Waals surface area contributed by atoms with Gasteiger partial charge in [-0.2, -0.15) is 10.4 Å². The minimum atomic E-state index is -0.324. The van der Waals surface area contributed by atoms with Gasteiger partial charge in [0, 0.05) is 50.0 Å². The molecule has 0 bridgehead atoms. The van der Waals surface area contributed by atoms with E-state index < -0.39 is 0 Å². The molecular formula is C25H27FN8S. The van der Waals surface area contributed by atoms with Crippen molar-refractivity contribution in [3.8, 4) is 17.3 Å². The highest BCUT2D eigenvalue weighted by Gasteiger charge is 2.26. The van der Waals surface area contributed by atoms with Crippen LogP contribution in [0.1, 0.15) is 30.1 Å². The normalized spacial score (nSPS) is 16.0. The summed E-state index contributed by atoms with van der Waals surface area (Å²) in [6.45, 7) is 9.05. The summed E-state index contributed by atoms with van der Waals surface area (Å²) in [5.41, 5.74) is 4.82. The molecule has 4 aromatic rings. The molecule has 0 amide bonds. The SMILES string of the molecule is CCc1nn2c(C)cc(N3CCNCC3C)nc2c1N(C)c1nc(-c2ccc(F)cc2)c(C#N)s1. The van der Waals surface area contributed by atoms with E-state index in [4.69, 9.17) is 15.1 Å². The maximum atomic E-state index is 13.4. The molecule has 0 saturated carbocycles. The zero-order valence-electron chi connectivity index (χ0n) is 20.2. The molecule has 1 fully saturated rings. The molecule has 1 saturated heterocycles. The summed E-state index contributed by atoms with van der Waals surface area (Å²) >= 11 is 1.31. The van der Waals surface area contributed by atoms with Crippen molar-refractivity contribution in [2.45, 2.75) is 33.2 Å². The quantitative estimate of drug-likeness (QED) is 0.446. The molecule has 1 unspecified atom stereocenters. The number of benzene rings is 1. The van der Waals surface area contributed by atoms with E-state index in [2.05, 4.69) is 36.2 Å². The van der Waals surface area contributed by atoms with Gasteiger partial charge in [0.2, 0.25) is 0 Å². The number of thiazole rings is 1.